The molecule has 4 aromatic rings. The van der Waals surface area contributed by atoms with Crippen molar-refractivity contribution in [2.45, 2.75) is 6.61 Å². The predicted molar refractivity (Wildman–Crippen MR) is 129 cm³/mol. The number of hydrazone groups is 1. The van der Waals surface area contributed by atoms with Crippen molar-refractivity contribution in [2.24, 2.45) is 5.10 Å². The topological polar surface area (TPSA) is 69.2 Å². The van der Waals surface area contributed by atoms with E-state index in [1.165, 1.54) is 19.2 Å². The van der Waals surface area contributed by atoms with Gasteiger partial charge in [-0.3, -0.25) is 4.79 Å². The third-order valence-corrected chi connectivity index (χ3v) is 5.05. The van der Waals surface area contributed by atoms with Crippen LogP contribution in [0.5, 0.6) is 17.2 Å². The lowest BCUT2D eigenvalue weighted by Gasteiger charge is -2.12. The van der Waals surface area contributed by atoms with E-state index in [0.717, 1.165) is 16.3 Å². The first-order valence-corrected chi connectivity index (χ1v) is 10.6. The van der Waals surface area contributed by atoms with Crippen LogP contribution < -0.4 is 19.6 Å². The molecule has 4 rings (SSSR count). The van der Waals surface area contributed by atoms with Crippen molar-refractivity contribution in [3.8, 4) is 17.2 Å². The van der Waals surface area contributed by atoms with Gasteiger partial charge in [0.1, 0.15) is 18.2 Å². The summed E-state index contributed by atoms with van der Waals surface area (Å²) in [4.78, 5) is 12.2. The number of fused-ring (bicyclic) bond motifs is 1. The van der Waals surface area contributed by atoms with E-state index < -0.39 is 5.91 Å². The minimum absolute atomic E-state index is 0.221. The Labute approximate surface area is 196 Å². The SMILES string of the molecule is COc1ccccc1OCC(=O)N/N=C/c1c(OCc2ccc(F)cc2)ccc2ccccc12. The van der Waals surface area contributed by atoms with Gasteiger partial charge in [0.05, 0.1) is 13.3 Å². The molecule has 0 saturated heterocycles. The molecule has 1 amide bonds. The van der Waals surface area contributed by atoms with Gasteiger partial charge in [-0.25, -0.2) is 9.82 Å². The Morgan fingerprint density at radius 2 is 1.62 bits per heavy atom. The summed E-state index contributed by atoms with van der Waals surface area (Å²) in [5.41, 5.74) is 4.02. The number of benzene rings is 4. The van der Waals surface area contributed by atoms with Crippen LogP contribution in [0.1, 0.15) is 11.1 Å². The number of hydrogen-bond donors (Lipinski definition) is 1. The van der Waals surface area contributed by atoms with E-state index in [2.05, 4.69) is 10.5 Å². The molecule has 172 valence electrons. The number of para-hydroxylation sites is 2. The average Bonchev–Trinajstić information content (AvgIpc) is 2.87. The Bertz CT molecular complexity index is 1310. The second kappa shape index (κ2) is 11.0. The first kappa shape index (κ1) is 22.8. The highest BCUT2D eigenvalue weighted by Gasteiger charge is 2.09. The molecule has 0 atom stereocenters. The summed E-state index contributed by atoms with van der Waals surface area (Å²) >= 11 is 0. The summed E-state index contributed by atoms with van der Waals surface area (Å²) in [6.07, 6.45) is 1.54. The summed E-state index contributed by atoms with van der Waals surface area (Å²) in [5.74, 6) is 0.877. The van der Waals surface area contributed by atoms with Crippen LogP contribution in [0.2, 0.25) is 0 Å². The Hall–Kier alpha value is -4.39. The van der Waals surface area contributed by atoms with Crippen molar-refractivity contribution in [3.63, 3.8) is 0 Å². The van der Waals surface area contributed by atoms with Crippen molar-refractivity contribution in [1.29, 1.82) is 0 Å². The van der Waals surface area contributed by atoms with E-state index in [1.54, 1.807) is 36.5 Å². The number of carbonyl (C=O) groups is 1. The molecule has 0 unspecified atom stereocenters. The fourth-order valence-corrected chi connectivity index (χ4v) is 3.36. The van der Waals surface area contributed by atoms with Crippen LogP contribution in [0.15, 0.2) is 90.0 Å². The highest BCUT2D eigenvalue weighted by molar-refractivity contribution is 6.02. The molecule has 0 heterocycles. The zero-order valence-electron chi connectivity index (χ0n) is 18.5. The number of methoxy groups -OCH3 is 1. The van der Waals surface area contributed by atoms with Crippen LogP contribution in [-0.4, -0.2) is 25.8 Å². The molecule has 0 saturated carbocycles. The van der Waals surface area contributed by atoms with Crippen LogP contribution in [0.3, 0.4) is 0 Å². The number of hydrogen-bond acceptors (Lipinski definition) is 5. The van der Waals surface area contributed by atoms with Crippen LogP contribution in [0.4, 0.5) is 4.39 Å². The number of carbonyl (C=O) groups excluding carboxylic acids is 1. The summed E-state index contributed by atoms with van der Waals surface area (Å²) in [6, 6.07) is 24.8. The average molecular weight is 458 g/mol. The maximum absolute atomic E-state index is 13.2. The molecule has 0 bridgehead atoms. The van der Waals surface area contributed by atoms with E-state index in [0.29, 0.717) is 22.8 Å². The lowest BCUT2D eigenvalue weighted by molar-refractivity contribution is -0.123. The van der Waals surface area contributed by atoms with E-state index in [9.17, 15) is 9.18 Å². The van der Waals surface area contributed by atoms with Gasteiger partial charge >= 0.3 is 0 Å². The van der Waals surface area contributed by atoms with E-state index in [4.69, 9.17) is 14.2 Å². The molecular formula is C27H23FN2O4. The predicted octanol–water partition coefficient (Wildman–Crippen LogP) is 5.10. The first-order valence-electron chi connectivity index (χ1n) is 10.6. The second-order valence-electron chi connectivity index (χ2n) is 7.35. The molecule has 0 aliphatic carbocycles. The zero-order chi connectivity index (χ0) is 23.8. The lowest BCUT2D eigenvalue weighted by atomic mass is 10.0. The summed E-state index contributed by atoms with van der Waals surface area (Å²) < 4.78 is 29.9. The van der Waals surface area contributed by atoms with Gasteiger partial charge in [-0.05, 0) is 46.7 Å². The highest BCUT2D eigenvalue weighted by Crippen LogP contribution is 2.28. The van der Waals surface area contributed by atoms with Gasteiger partial charge in [-0.2, -0.15) is 5.10 Å². The van der Waals surface area contributed by atoms with Crippen molar-refractivity contribution in [1.82, 2.24) is 5.43 Å². The summed E-state index contributed by atoms with van der Waals surface area (Å²) in [7, 11) is 1.53. The molecule has 0 radical (unpaired) electrons. The van der Waals surface area contributed by atoms with Gasteiger partial charge < -0.3 is 14.2 Å². The fraction of sp³-hybridized carbons (Fsp3) is 0.111. The van der Waals surface area contributed by atoms with Crippen molar-refractivity contribution in [2.75, 3.05) is 13.7 Å². The van der Waals surface area contributed by atoms with Gasteiger partial charge in [-0.1, -0.05) is 54.6 Å². The molecule has 0 fully saturated rings. The normalized spacial score (nSPS) is 10.9. The monoisotopic (exact) mass is 458 g/mol. The number of amides is 1. The maximum atomic E-state index is 13.2. The molecule has 0 aromatic heterocycles. The molecule has 0 aliphatic rings. The number of rotatable bonds is 9. The van der Waals surface area contributed by atoms with E-state index in [1.807, 2.05) is 42.5 Å². The summed E-state index contributed by atoms with van der Waals surface area (Å²) in [5, 5.41) is 6.03. The highest BCUT2D eigenvalue weighted by atomic mass is 19.1. The maximum Gasteiger partial charge on any atom is 0.277 e. The van der Waals surface area contributed by atoms with Gasteiger partial charge in [-0.15, -0.1) is 0 Å². The molecular weight excluding hydrogens is 435 g/mol. The zero-order valence-corrected chi connectivity index (χ0v) is 18.5. The largest absolute Gasteiger partial charge is 0.493 e. The molecule has 4 aromatic carbocycles. The smallest absolute Gasteiger partial charge is 0.277 e. The Morgan fingerprint density at radius 3 is 2.41 bits per heavy atom. The number of halogens is 1. The number of nitrogens with zero attached hydrogens (tertiary/aromatic N) is 1. The van der Waals surface area contributed by atoms with Crippen molar-refractivity contribution in [3.05, 3.63) is 102 Å². The van der Waals surface area contributed by atoms with Gasteiger partial charge in [0.15, 0.2) is 18.1 Å². The van der Waals surface area contributed by atoms with Gasteiger partial charge in [0.25, 0.3) is 5.91 Å². The Morgan fingerprint density at radius 1 is 0.882 bits per heavy atom. The Kier molecular flexibility index (Phi) is 7.35. The molecule has 6 nitrogen and oxygen atoms in total. The number of ether oxygens (including phenoxy) is 3. The standard InChI is InChI=1S/C27H23FN2O4/c1-32-25-8-4-5-9-26(25)34-18-27(31)30-29-16-23-22-7-3-2-6-20(22)12-15-24(23)33-17-19-10-13-21(28)14-11-19/h2-16H,17-18H2,1H3,(H,30,31)/b29-16+. The van der Waals surface area contributed by atoms with Gasteiger partial charge in [0, 0.05) is 5.56 Å². The molecule has 34 heavy (non-hydrogen) atoms. The molecule has 0 spiro atoms. The van der Waals surface area contributed by atoms with Crippen molar-refractivity contribution < 1.29 is 23.4 Å². The lowest BCUT2D eigenvalue weighted by Crippen LogP contribution is -2.24. The number of nitrogens with one attached hydrogen (secondary N) is 1. The van der Waals surface area contributed by atoms with Crippen molar-refractivity contribution >= 4 is 22.9 Å². The first-order chi connectivity index (χ1) is 16.6. The third-order valence-electron chi connectivity index (χ3n) is 5.05. The fourth-order valence-electron chi connectivity index (χ4n) is 3.36. The van der Waals surface area contributed by atoms with Crippen LogP contribution in [0, 0.1) is 5.82 Å². The van der Waals surface area contributed by atoms with Crippen LogP contribution in [0.25, 0.3) is 10.8 Å². The third kappa shape index (κ3) is 5.69. The van der Waals surface area contributed by atoms with E-state index in [-0.39, 0.29) is 19.0 Å². The quantitative estimate of drug-likeness (QED) is 0.280. The molecule has 7 heteroatoms. The van der Waals surface area contributed by atoms with Crippen LogP contribution >= 0.6 is 0 Å². The molecule has 0 aliphatic heterocycles. The second-order valence-corrected chi connectivity index (χ2v) is 7.35. The van der Waals surface area contributed by atoms with E-state index >= 15 is 0 Å². The Balaban J connectivity index is 1.46. The minimum Gasteiger partial charge on any atom is -0.493 e. The minimum atomic E-state index is -0.420. The summed E-state index contributed by atoms with van der Waals surface area (Å²) in [6.45, 7) is 0.0414. The molecule has 1 N–H and O–H groups in total. The van der Waals surface area contributed by atoms with Gasteiger partial charge in [0.2, 0.25) is 0 Å². The van der Waals surface area contributed by atoms with Crippen LogP contribution in [-0.2, 0) is 11.4 Å².